The highest BCUT2D eigenvalue weighted by Gasteiger charge is 2.52. The summed E-state index contributed by atoms with van der Waals surface area (Å²) in [7, 11) is 0. The van der Waals surface area contributed by atoms with Gasteiger partial charge >= 0.3 is 0 Å². The van der Waals surface area contributed by atoms with E-state index in [2.05, 4.69) is 6.07 Å². The van der Waals surface area contributed by atoms with E-state index in [1.54, 1.807) is 29.2 Å². The Morgan fingerprint density at radius 1 is 1.32 bits per heavy atom. The van der Waals surface area contributed by atoms with Gasteiger partial charge in [-0.05, 0) is 29.8 Å². The first-order valence-corrected chi connectivity index (χ1v) is 8.29. The Balaban J connectivity index is 1.67. The number of aliphatic hydroxyl groups is 1. The molecule has 4 rings (SSSR count). The molecule has 0 unspecified atom stereocenters. The van der Waals surface area contributed by atoms with Crippen molar-refractivity contribution in [2.24, 2.45) is 5.41 Å². The summed E-state index contributed by atoms with van der Waals surface area (Å²) >= 11 is 0. The lowest BCUT2D eigenvalue weighted by Gasteiger charge is -2.37. The van der Waals surface area contributed by atoms with E-state index in [-0.39, 0.29) is 18.4 Å². The number of benzene rings is 2. The zero-order valence-electron chi connectivity index (χ0n) is 13.7. The number of likely N-dealkylation sites (tertiary alicyclic amines) is 1. The molecule has 5 heteroatoms. The zero-order valence-corrected chi connectivity index (χ0v) is 13.7. The number of para-hydroxylation sites is 1. The fraction of sp³-hybridized carbons (Fsp3) is 0.300. The number of nitrogens with zero attached hydrogens (tertiary/aromatic N) is 2. The van der Waals surface area contributed by atoms with Gasteiger partial charge in [0.05, 0.1) is 30.3 Å². The van der Waals surface area contributed by atoms with E-state index in [0.717, 1.165) is 11.3 Å². The molecule has 1 saturated heterocycles. The summed E-state index contributed by atoms with van der Waals surface area (Å²) in [4.78, 5) is 14.7. The van der Waals surface area contributed by atoms with Crippen LogP contribution in [0.25, 0.3) is 0 Å². The van der Waals surface area contributed by atoms with Gasteiger partial charge in [0.25, 0.3) is 5.91 Å². The molecule has 0 bridgehead atoms. The highest BCUT2D eigenvalue weighted by molar-refractivity contribution is 5.95. The number of carbonyl (C=O) groups is 1. The van der Waals surface area contributed by atoms with Crippen LogP contribution in [0, 0.1) is 16.7 Å². The van der Waals surface area contributed by atoms with Crippen molar-refractivity contribution in [3.63, 3.8) is 0 Å². The van der Waals surface area contributed by atoms with Gasteiger partial charge in [-0.2, -0.15) is 5.26 Å². The van der Waals surface area contributed by atoms with Crippen LogP contribution in [0.1, 0.15) is 27.4 Å². The molecule has 2 aliphatic heterocycles. The van der Waals surface area contributed by atoms with Crippen molar-refractivity contribution >= 4 is 5.91 Å². The summed E-state index contributed by atoms with van der Waals surface area (Å²) in [5.41, 5.74) is 1.54. The second-order valence-electron chi connectivity index (χ2n) is 6.78. The Morgan fingerprint density at radius 2 is 2.16 bits per heavy atom. The van der Waals surface area contributed by atoms with E-state index in [9.17, 15) is 9.90 Å². The molecule has 25 heavy (non-hydrogen) atoms. The maximum absolute atomic E-state index is 12.9. The second kappa shape index (κ2) is 5.91. The van der Waals surface area contributed by atoms with Gasteiger partial charge in [0.15, 0.2) is 0 Å². The standard InChI is InChI=1S/C20H18N2O3/c21-9-14-4-3-5-15(8-14)19(24)22-10-17-16-6-1-2-7-18(16)25-13-20(17,11-22)12-23/h1-8,17,23H,10-13H2/t17-,20-/m1/s1. The molecule has 1 fully saturated rings. The lowest BCUT2D eigenvalue weighted by Crippen LogP contribution is -2.42. The molecule has 0 spiro atoms. The minimum Gasteiger partial charge on any atom is -0.493 e. The van der Waals surface area contributed by atoms with Crippen LogP contribution in [-0.4, -0.2) is 42.2 Å². The SMILES string of the molecule is N#Cc1cccc(C(=O)N2C[C@@H]3c4ccccc4OC[C@]3(CO)C2)c1. The van der Waals surface area contributed by atoms with E-state index in [1.165, 1.54) is 0 Å². The summed E-state index contributed by atoms with van der Waals surface area (Å²) in [6.07, 6.45) is 0. The quantitative estimate of drug-likeness (QED) is 0.913. The maximum Gasteiger partial charge on any atom is 0.253 e. The molecule has 1 amide bonds. The molecule has 2 aromatic rings. The van der Waals surface area contributed by atoms with Gasteiger partial charge in [0.1, 0.15) is 5.75 Å². The van der Waals surface area contributed by atoms with Crippen molar-refractivity contribution in [3.8, 4) is 11.8 Å². The summed E-state index contributed by atoms with van der Waals surface area (Å²) in [5.74, 6) is 0.764. The first-order valence-electron chi connectivity index (χ1n) is 8.29. The minimum absolute atomic E-state index is 0.0337. The van der Waals surface area contributed by atoms with Crippen molar-refractivity contribution in [3.05, 3.63) is 65.2 Å². The number of rotatable bonds is 2. The van der Waals surface area contributed by atoms with Gasteiger partial charge in [-0.1, -0.05) is 24.3 Å². The number of carbonyl (C=O) groups excluding carboxylic acids is 1. The first kappa shape index (κ1) is 15.7. The Kier molecular flexibility index (Phi) is 3.70. The van der Waals surface area contributed by atoms with Gasteiger partial charge in [-0.25, -0.2) is 0 Å². The van der Waals surface area contributed by atoms with Gasteiger partial charge in [-0.15, -0.1) is 0 Å². The molecule has 2 heterocycles. The van der Waals surface area contributed by atoms with Crippen molar-refractivity contribution in [2.75, 3.05) is 26.3 Å². The number of ether oxygens (including phenoxy) is 1. The average molecular weight is 334 g/mol. The van der Waals surface area contributed by atoms with Crippen LogP contribution in [0.15, 0.2) is 48.5 Å². The molecule has 0 aliphatic carbocycles. The Hall–Kier alpha value is -2.84. The third kappa shape index (κ3) is 2.46. The Bertz CT molecular complexity index is 873. The van der Waals surface area contributed by atoms with E-state index in [1.807, 2.05) is 24.3 Å². The van der Waals surface area contributed by atoms with Gasteiger partial charge < -0.3 is 14.7 Å². The highest BCUT2D eigenvalue weighted by Crippen LogP contribution is 2.49. The number of hydrogen-bond donors (Lipinski definition) is 1. The largest absolute Gasteiger partial charge is 0.493 e. The molecule has 126 valence electrons. The van der Waals surface area contributed by atoms with E-state index < -0.39 is 5.41 Å². The summed E-state index contributed by atoms with van der Waals surface area (Å²) in [5, 5.41) is 19.1. The van der Waals surface area contributed by atoms with Crippen molar-refractivity contribution in [1.82, 2.24) is 4.90 Å². The molecular formula is C20H18N2O3. The van der Waals surface area contributed by atoms with Crippen molar-refractivity contribution < 1.29 is 14.6 Å². The predicted octanol–water partition coefficient (Wildman–Crippen LogP) is 2.17. The smallest absolute Gasteiger partial charge is 0.253 e. The molecule has 5 nitrogen and oxygen atoms in total. The summed E-state index contributed by atoms with van der Waals surface area (Å²) in [6, 6.07) is 16.6. The highest BCUT2D eigenvalue weighted by atomic mass is 16.5. The van der Waals surface area contributed by atoms with Gasteiger partial charge in [-0.3, -0.25) is 4.79 Å². The second-order valence-corrected chi connectivity index (χ2v) is 6.78. The topological polar surface area (TPSA) is 73.6 Å². The van der Waals surface area contributed by atoms with Crippen molar-refractivity contribution in [2.45, 2.75) is 5.92 Å². The van der Waals surface area contributed by atoms with Gasteiger partial charge in [0.2, 0.25) is 0 Å². The Morgan fingerprint density at radius 3 is 2.96 bits per heavy atom. The predicted molar refractivity (Wildman–Crippen MR) is 91.3 cm³/mol. The van der Waals surface area contributed by atoms with Crippen molar-refractivity contribution in [1.29, 1.82) is 5.26 Å². The summed E-state index contributed by atoms with van der Waals surface area (Å²) in [6.45, 7) is 1.34. The number of nitriles is 1. The van der Waals surface area contributed by atoms with Crippen LogP contribution in [0.3, 0.4) is 0 Å². The third-order valence-corrected chi connectivity index (χ3v) is 5.30. The molecule has 1 N–H and O–H groups in total. The normalized spacial score (nSPS) is 24.0. The number of fused-ring (bicyclic) bond motifs is 3. The maximum atomic E-state index is 12.9. The molecule has 0 radical (unpaired) electrons. The molecular weight excluding hydrogens is 316 g/mol. The van der Waals surface area contributed by atoms with E-state index >= 15 is 0 Å². The lowest BCUT2D eigenvalue weighted by atomic mass is 9.74. The monoisotopic (exact) mass is 334 g/mol. The minimum atomic E-state index is -0.475. The molecule has 2 aliphatic rings. The molecule has 2 aromatic carbocycles. The fourth-order valence-electron chi connectivity index (χ4n) is 3.93. The lowest BCUT2D eigenvalue weighted by molar-refractivity contribution is 0.0440. The van der Waals surface area contributed by atoms with E-state index in [0.29, 0.717) is 30.8 Å². The molecule has 0 saturated carbocycles. The Labute approximate surface area is 146 Å². The van der Waals surface area contributed by atoms with Crippen LogP contribution in [0.4, 0.5) is 0 Å². The zero-order chi connectivity index (χ0) is 17.4. The fourth-order valence-corrected chi connectivity index (χ4v) is 3.93. The molecule has 0 aromatic heterocycles. The number of amides is 1. The first-order chi connectivity index (χ1) is 12.2. The van der Waals surface area contributed by atoms with E-state index in [4.69, 9.17) is 10.00 Å². The molecule has 2 atom stereocenters. The van der Waals surface area contributed by atoms with Crippen LogP contribution >= 0.6 is 0 Å². The average Bonchev–Trinajstić information content (AvgIpc) is 3.08. The van der Waals surface area contributed by atoms with Crippen LogP contribution in [-0.2, 0) is 0 Å². The van der Waals surface area contributed by atoms with Gasteiger partial charge in [0, 0.05) is 24.6 Å². The van der Waals surface area contributed by atoms with Crippen LogP contribution in [0.5, 0.6) is 5.75 Å². The number of aliphatic hydroxyl groups excluding tert-OH is 1. The summed E-state index contributed by atoms with van der Waals surface area (Å²) < 4.78 is 5.86. The van der Waals surface area contributed by atoms with Crippen LogP contribution in [0.2, 0.25) is 0 Å². The third-order valence-electron chi connectivity index (χ3n) is 5.30. The van der Waals surface area contributed by atoms with Crippen LogP contribution < -0.4 is 4.74 Å². The number of hydrogen-bond acceptors (Lipinski definition) is 4.